The first-order chi connectivity index (χ1) is 12.0. The molecule has 0 aromatic heterocycles. The molecule has 0 unspecified atom stereocenters. The molecule has 0 heterocycles. The lowest BCUT2D eigenvalue weighted by molar-refractivity contribution is -0.116. The van der Waals surface area contributed by atoms with Crippen LogP contribution in [0.2, 0.25) is 0 Å². The molecule has 0 aliphatic rings. The fourth-order valence-corrected chi connectivity index (χ4v) is 2.20. The SMILES string of the molecule is CNC(=O)c1ccc(C=CC(=O)NCCc2c(F)cccc2F)cc1. The van der Waals surface area contributed by atoms with E-state index in [1.54, 1.807) is 37.4 Å². The van der Waals surface area contributed by atoms with E-state index in [2.05, 4.69) is 10.6 Å². The van der Waals surface area contributed by atoms with Crippen molar-refractivity contribution in [3.63, 3.8) is 0 Å². The van der Waals surface area contributed by atoms with Crippen molar-refractivity contribution in [2.75, 3.05) is 13.6 Å². The minimum Gasteiger partial charge on any atom is -0.355 e. The first-order valence-corrected chi connectivity index (χ1v) is 7.72. The first kappa shape index (κ1) is 18.3. The van der Waals surface area contributed by atoms with Crippen LogP contribution in [0.25, 0.3) is 6.08 Å². The van der Waals surface area contributed by atoms with Gasteiger partial charge in [-0.1, -0.05) is 18.2 Å². The van der Waals surface area contributed by atoms with Gasteiger partial charge in [-0.05, 0) is 42.3 Å². The van der Waals surface area contributed by atoms with E-state index in [1.807, 2.05) is 0 Å². The molecule has 4 nitrogen and oxygen atoms in total. The molecule has 2 aromatic carbocycles. The van der Waals surface area contributed by atoms with E-state index in [4.69, 9.17) is 0 Å². The van der Waals surface area contributed by atoms with Crippen LogP contribution in [0.1, 0.15) is 21.5 Å². The standard InChI is InChI=1S/C19H18F2N2O2/c1-22-19(25)14-8-5-13(6-9-14)7-10-18(24)23-12-11-15-16(20)3-2-4-17(15)21/h2-10H,11-12H2,1H3,(H,22,25)(H,23,24). The van der Waals surface area contributed by atoms with E-state index in [1.165, 1.54) is 24.3 Å². The van der Waals surface area contributed by atoms with Crippen molar-refractivity contribution in [2.24, 2.45) is 0 Å². The summed E-state index contributed by atoms with van der Waals surface area (Å²) in [7, 11) is 1.55. The Hall–Kier alpha value is -3.02. The molecular weight excluding hydrogens is 326 g/mol. The lowest BCUT2D eigenvalue weighted by Crippen LogP contribution is -2.24. The third-order valence-corrected chi connectivity index (χ3v) is 3.56. The van der Waals surface area contributed by atoms with Gasteiger partial charge < -0.3 is 10.6 Å². The minimum atomic E-state index is -0.624. The van der Waals surface area contributed by atoms with Gasteiger partial charge >= 0.3 is 0 Å². The van der Waals surface area contributed by atoms with E-state index < -0.39 is 11.6 Å². The van der Waals surface area contributed by atoms with Crippen molar-refractivity contribution in [1.29, 1.82) is 0 Å². The van der Waals surface area contributed by atoms with Crippen LogP contribution in [-0.2, 0) is 11.2 Å². The van der Waals surface area contributed by atoms with Crippen LogP contribution < -0.4 is 10.6 Å². The number of carbonyl (C=O) groups is 2. The first-order valence-electron chi connectivity index (χ1n) is 7.72. The summed E-state index contributed by atoms with van der Waals surface area (Å²) in [4.78, 5) is 23.2. The largest absolute Gasteiger partial charge is 0.355 e. The van der Waals surface area contributed by atoms with Crippen molar-refractivity contribution in [1.82, 2.24) is 10.6 Å². The van der Waals surface area contributed by atoms with Crippen LogP contribution in [0, 0.1) is 11.6 Å². The molecular formula is C19H18F2N2O2. The van der Waals surface area contributed by atoms with E-state index in [9.17, 15) is 18.4 Å². The second kappa shape index (κ2) is 8.73. The highest BCUT2D eigenvalue weighted by Crippen LogP contribution is 2.12. The molecule has 0 spiro atoms. The second-order valence-corrected chi connectivity index (χ2v) is 5.28. The molecule has 2 N–H and O–H groups in total. The zero-order valence-corrected chi connectivity index (χ0v) is 13.7. The maximum atomic E-state index is 13.5. The lowest BCUT2D eigenvalue weighted by atomic mass is 10.1. The predicted octanol–water partition coefficient (Wildman–Crippen LogP) is 2.70. The Labute approximate surface area is 144 Å². The van der Waals surface area contributed by atoms with Crippen molar-refractivity contribution in [3.05, 3.63) is 76.9 Å². The molecule has 0 fully saturated rings. The van der Waals surface area contributed by atoms with Gasteiger partial charge in [-0.25, -0.2) is 8.78 Å². The Kier molecular flexibility index (Phi) is 6.39. The predicted molar refractivity (Wildman–Crippen MR) is 91.9 cm³/mol. The highest BCUT2D eigenvalue weighted by atomic mass is 19.1. The molecule has 0 aliphatic carbocycles. The molecule has 0 saturated carbocycles. The highest BCUT2D eigenvalue weighted by Gasteiger charge is 2.08. The van der Waals surface area contributed by atoms with Gasteiger partial charge in [0.1, 0.15) is 11.6 Å². The summed E-state index contributed by atoms with van der Waals surface area (Å²) in [6.07, 6.45) is 2.98. The number of hydrogen-bond acceptors (Lipinski definition) is 2. The Balaban J connectivity index is 1.85. The fourth-order valence-electron chi connectivity index (χ4n) is 2.20. The Bertz CT molecular complexity index is 766. The van der Waals surface area contributed by atoms with Crippen LogP contribution in [0.4, 0.5) is 8.78 Å². The van der Waals surface area contributed by atoms with Crippen LogP contribution >= 0.6 is 0 Å². The summed E-state index contributed by atoms with van der Waals surface area (Å²) in [5, 5.41) is 5.09. The monoisotopic (exact) mass is 344 g/mol. The normalized spacial score (nSPS) is 10.7. The summed E-state index contributed by atoms with van der Waals surface area (Å²) in [5.41, 5.74) is 1.23. The summed E-state index contributed by atoms with van der Waals surface area (Å²) >= 11 is 0. The zero-order chi connectivity index (χ0) is 18.2. The van der Waals surface area contributed by atoms with Crippen molar-refractivity contribution in [2.45, 2.75) is 6.42 Å². The van der Waals surface area contributed by atoms with Crippen molar-refractivity contribution < 1.29 is 18.4 Å². The van der Waals surface area contributed by atoms with E-state index in [0.29, 0.717) is 5.56 Å². The van der Waals surface area contributed by atoms with E-state index in [0.717, 1.165) is 5.56 Å². The highest BCUT2D eigenvalue weighted by molar-refractivity contribution is 5.94. The molecule has 130 valence electrons. The number of halogens is 2. The summed E-state index contributed by atoms with van der Waals surface area (Å²) in [5.74, 6) is -1.80. The number of carbonyl (C=O) groups excluding carboxylic acids is 2. The topological polar surface area (TPSA) is 58.2 Å². The van der Waals surface area contributed by atoms with Gasteiger partial charge in [0.25, 0.3) is 5.91 Å². The minimum absolute atomic E-state index is 0.0448. The maximum absolute atomic E-state index is 13.5. The van der Waals surface area contributed by atoms with Gasteiger partial charge in [-0.3, -0.25) is 9.59 Å². The van der Waals surface area contributed by atoms with Gasteiger partial charge in [-0.2, -0.15) is 0 Å². The molecule has 0 aliphatic heterocycles. The molecule has 2 amide bonds. The number of amides is 2. The number of hydrogen-bond donors (Lipinski definition) is 2. The van der Waals surface area contributed by atoms with Crippen LogP contribution in [0.5, 0.6) is 0 Å². The Morgan fingerprint density at radius 2 is 1.68 bits per heavy atom. The summed E-state index contributed by atoms with van der Waals surface area (Å²) in [6.45, 7) is 0.122. The van der Waals surface area contributed by atoms with Crippen molar-refractivity contribution in [3.8, 4) is 0 Å². The van der Waals surface area contributed by atoms with E-state index >= 15 is 0 Å². The van der Waals surface area contributed by atoms with Crippen LogP contribution in [-0.4, -0.2) is 25.4 Å². The van der Waals surface area contributed by atoms with Gasteiger partial charge in [0.05, 0.1) is 0 Å². The maximum Gasteiger partial charge on any atom is 0.251 e. The van der Waals surface area contributed by atoms with Crippen LogP contribution in [0.3, 0.4) is 0 Å². The Morgan fingerprint density at radius 1 is 1.04 bits per heavy atom. The smallest absolute Gasteiger partial charge is 0.251 e. The number of benzene rings is 2. The van der Waals surface area contributed by atoms with Gasteiger partial charge in [0.2, 0.25) is 5.91 Å². The molecule has 0 atom stereocenters. The quantitative estimate of drug-likeness (QED) is 0.792. The van der Waals surface area contributed by atoms with Crippen LogP contribution in [0.15, 0.2) is 48.5 Å². The number of nitrogens with one attached hydrogen (secondary N) is 2. The molecule has 2 rings (SSSR count). The van der Waals surface area contributed by atoms with E-state index in [-0.39, 0.29) is 30.3 Å². The third-order valence-electron chi connectivity index (χ3n) is 3.56. The average Bonchev–Trinajstić information content (AvgIpc) is 2.62. The molecule has 25 heavy (non-hydrogen) atoms. The second-order valence-electron chi connectivity index (χ2n) is 5.28. The lowest BCUT2D eigenvalue weighted by Gasteiger charge is -2.05. The van der Waals surface area contributed by atoms with Crippen molar-refractivity contribution >= 4 is 17.9 Å². The average molecular weight is 344 g/mol. The van der Waals surface area contributed by atoms with Gasteiger partial charge in [0.15, 0.2) is 0 Å². The Morgan fingerprint density at radius 3 is 2.28 bits per heavy atom. The molecule has 6 heteroatoms. The fraction of sp³-hybridized carbons (Fsp3) is 0.158. The molecule has 0 radical (unpaired) electrons. The van der Waals surface area contributed by atoms with Gasteiger partial charge in [0, 0.05) is 30.8 Å². The third kappa shape index (κ3) is 5.24. The molecule has 0 saturated heterocycles. The summed E-state index contributed by atoms with van der Waals surface area (Å²) in [6, 6.07) is 10.4. The zero-order valence-electron chi connectivity index (χ0n) is 13.7. The molecule has 0 bridgehead atoms. The van der Waals surface area contributed by atoms with Gasteiger partial charge in [-0.15, -0.1) is 0 Å². The summed E-state index contributed by atoms with van der Waals surface area (Å²) < 4.78 is 26.9. The molecule has 2 aromatic rings. The number of rotatable bonds is 6.